The van der Waals surface area contributed by atoms with Crippen LogP contribution in [0.5, 0.6) is 0 Å². The first-order valence-corrected chi connectivity index (χ1v) is 10.6. The SMILES string of the molecule is COCc1nc(NCCNC(=O)c2ccc(F)cc2)c2c(C)nn(-c3cccc(Cl)c3)c2n1. The van der Waals surface area contributed by atoms with Crippen LogP contribution in [0.25, 0.3) is 16.7 Å². The molecule has 1 amide bonds. The maximum absolute atomic E-state index is 13.0. The fraction of sp³-hybridized carbons (Fsp3) is 0.217. The van der Waals surface area contributed by atoms with E-state index in [9.17, 15) is 9.18 Å². The van der Waals surface area contributed by atoms with E-state index in [1.807, 2.05) is 25.1 Å². The Bertz CT molecular complexity index is 1290. The number of rotatable bonds is 8. The van der Waals surface area contributed by atoms with Crippen molar-refractivity contribution in [1.29, 1.82) is 0 Å². The van der Waals surface area contributed by atoms with Crippen molar-refractivity contribution in [2.75, 3.05) is 25.5 Å². The molecule has 33 heavy (non-hydrogen) atoms. The zero-order valence-corrected chi connectivity index (χ0v) is 18.9. The second-order valence-electron chi connectivity index (χ2n) is 7.29. The molecule has 0 spiro atoms. The van der Waals surface area contributed by atoms with Crippen LogP contribution in [0.15, 0.2) is 48.5 Å². The van der Waals surface area contributed by atoms with Gasteiger partial charge >= 0.3 is 0 Å². The number of aromatic nitrogens is 4. The molecular formula is C23H22ClFN6O2. The lowest BCUT2D eigenvalue weighted by molar-refractivity contribution is 0.0955. The molecule has 0 fully saturated rings. The van der Waals surface area contributed by atoms with E-state index >= 15 is 0 Å². The molecule has 0 atom stereocenters. The smallest absolute Gasteiger partial charge is 0.251 e. The summed E-state index contributed by atoms with van der Waals surface area (Å²) in [7, 11) is 1.57. The zero-order valence-electron chi connectivity index (χ0n) is 18.1. The number of aryl methyl sites for hydroxylation is 1. The summed E-state index contributed by atoms with van der Waals surface area (Å²) in [5, 5.41) is 12.1. The molecule has 0 bridgehead atoms. The number of benzene rings is 2. The Morgan fingerprint density at radius 3 is 2.67 bits per heavy atom. The largest absolute Gasteiger partial charge is 0.377 e. The van der Waals surface area contributed by atoms with Gasteiger partial charge in [0.15, 0.2) is 11.5 Å². The summed E-state index contributed by atoms with van der Waals surface area (Å²) in [6, 6.07) is 12.7. The van der Waals surface area contributed by atoms with Gasteiger partial charge in [-0.1, -0.05) is 17.7 Å². The second kappa shape index (κ2) is 9.93. The average Bonchev–Trinajstić information content (AvgIpc) is 3.13. The van der Waals surface area contributed by atoms with Gasteiger partial charge < -0.3 is 15.4 Å². The maximum atomic E-state index is 13.0. The predicted molar refractivity (Wildman–Crippen MR) is 124 cm³/mol. The number of ether oxygens (including phenoxy) is 1. The van der Waals surface area contributed by atoms with Crippen molar-refractivity contribution >= 4 is 34.4 Å². The molecule has 2 heterocycles. The second-order valence-corrected chi connectivity index (χ2v) is 7.72. The van der Waals surface area contributed by atoms with Gasteiger partial charge in [-0.3, -0.25) is 4.79 Å². The number of carbonyl (C=O) groups is 1. The molecule has 0 unspecified atom stereocenters. The van der Waals surface area contributed by atoms with Crippen molar-refractivity contribution in [1.82, 2.24) is 25.1 Å². The van der Waals surface area contributed by atoms with Crippen LogP contribution in [0.1, 0.15) is 21.9 Å². The van der Waals surface area contributed by atoms with Gasteiger partial charge in [-0.25, -0.2) is 19.0 Å². The molecule has 170 valence electrons. The summed E-state index contributed by atoms with van der Waals surface area (Å²) in [4.78, 5) is 21.4. The Hall–Kier alpha value is -3.56. The van der Waals surface area contributed by atoms with Crippen molar-refractivity contribution in [3.63, 3.8) is 0 Å². The lowest BCUT2D eigenvalue weighted by Gasteiger charge is -2.11. The van der Waals surface area contributed by atoms with Crippen LogP contribution in [-0.2, 0) is 11.3 Å². The summed E-state index contributed by atoms with van der Waals surface area (Å²) < 4.78 is 20.0. The molecule has 0 aliphatic rings. The molecule has 8 nitrogen and oxygen atoms in total. The summed E-state index contributed by atoms with van der Waals surface area (Å²) in [6.45, 7) is 2.85. The van der Waals surface area contributed by atoms with Crippen LogP contribution in [0.4, 0.5) is 10.2 Å². The van der Waals surface area contributed by atoms with Gasteiger partial charge in [0, 0.05) is 30.8 Å². The number of hydrogen-bond acceptors (Lipinski definition) is 6. The van der Waals surface area contributed by atoms with Crippen molar-refractivity contribution < 1.29 is 13.9 Å². The minimum Gasteiger partial charge on any atom is -0.377 e. The number of methoxy groups -OCH3 is 1. The molecule has 4 rings (SSSR count). The zero-order chi connectivity index (χ0) is 23.4. The summed E-state index contributed by atoms with van der Waals surface area (Å²) in [5.74, 6) is 0.413. The quantitative estimate of drug-likeness (QED) is 0.381. The molecule has 2 aromatic heterocycles. The number of fused-ring (bicyclic) bond motifs is 1. The normalized spacial score (nSPS) is 11.0. The molecule has 2 aromatic carbocycles. The molecule has 4 aromatic rings. The van der Waals surface area contributed by atoms with E-state index < -0.39 is 0 Å². The van der Waals surface area contributed by atoms with Gasteiger partial charge in [-0.05, 0) is 49.4 Å². The van der Waals surface area contributed by atoms with Crippen LogP contribution < -0.4 is 10.6 Å². The maximum Gasteiger partial charge on any atom is 0.251 e. The van der Waals surface area contributed by atoms with E-state index in [-0.39, 0.29) is 18.3 Å². The number of nitrogens with one attached hydrogen (secondary N) is 2. The number of anilines is 1. The minimum absolute atomic E-state index is 0.228. The van der Waals surface area contributed by atoms with Crippen LogP contribution in [0, 0.1) is 12.7 Å². The Morgan fingerprint density at radius 1 is 1.15 bits per heavy atom. The highest BCUT2D eigenvalue weighted by atomic mass is 35.5. The van der Waals surface area contributed by atoms with Gasteiger partial charge in [0.1, 0.15) is 18.2 Å². The molecule has 0 aliphatic carbocycles. The number of hydrogen-bond donors (Lipinski definition) is 2. The fourth-order valence-corrected chi connectivity index (χ4v) is 3.58. The average molecular weight is 469 g/mol. The molecule has 0 saturated carbocycles. The van der Waals surface area contributed by atoms with Crippen LogP contribution in [0.2, 0.25) is 5.02 Å². The van der Waals surface area contributed by atoms with Crippen molar-refractivity contribution in [3.8, 4) is 5.69 Å². The Balaban J connectivity index is 1.56. The van der Waals surface area contributed by atoms with E-state index in [1.54, 1.807) is 17.9 Å². The highest BCUT2D eigenvalue weighted by Crippen LogP contribution is 2.27. The van der Waals surface area contributed by atoms with Crippen LogP contribution in [-0.4, -0.2) is 45.9 Å². The molecule has 0 saturated heterocycles. The van der Waals surface area contributed by atoms with Gasteiger partial charge in [0.2, 0.25) is 0 Å². The minimum atomic E-state index is -0.387. The van der Waals surface area contributed by atoms with E-state index in [0.717, 1.165) is 16.8 Å². The highest BCUT2D eigenvalue weighted by Gasteiger charge is 2.18. The highest BCUT2D eigenvalue weighted by molar-refractivity contribution is 6.30. The van der Waals surface area contributed by atoms with Crippen molar-refractivity contribution in [3.05, 3.63) is 76.5 Å². The van der Waals surface area contributed by atoms with Gasteiger partial charge in [0.05, 0.1) is 16.8 Å². The molecule has 10 heteroatoms. The standard InChI is InChI=1S/C23H22ClFN6O2/c1-14-20-21(26-10-11-27-23(32)15-6-8-17(25)9-7-15)28-19(13-33-2)29-22(20)31(30-14)18-5-3-4-16(24)12-18/h3-9,12H,10-11,13H2,1-2H3,(H,27,32)(H,26,28,29). The van der Waals surface area contributed by atoms with Crippen molar-refractivity contribution in [2.45, 2.75) is 13.5 Å². The van der Waals surface area contributed by atoms with Crippen LogP contribution >= 0.6 is 11.6 Å². The van der Waals surface area contributed by atoms with Gasteiger partial charge in [0.25, 0.3) is 5.91 Å². The van der Waals surface area contributed by atoms with E-state index in [0.29, 0.717) is 41.0 Å². The Morgan fingerprint density at radius 2 is 1.94 bits per heavy atom. The van der Waals surface area contributed by atoms with E-state index in [4.69, 9.17) is 16.3 Å². The van der Waals surface area contributed by atoms with Gasteiger partial charge in [-0.15, -0.1) is 0 Å². The predicted octanol–water partition coefficient (Wildman–Crippen LogP) is 3.90. The molecule has 0 aliphatic heterocycles. The summed E-state index contributed by atoms with van der Waals surface area (Å²) >= 11 is 6.17. The van der Waals surface area contributed by atoms with Gasteiger partial charge in [-0.2, -0.15) is 5.10 Å². The number of nitrogens with zero attached hydrogens (tertiary/aromatic N) is 4. The van der Waals surface area contributed by atoms with Crippen molar-refractivity contribution in [2.24, 2.45) is 0 Å². The monoisotopic (exact) mass is 468 g/mol. The number of carbonyl (C=O) groups excluding carboxylic acids is 1. The van der Waals surface area contributed by atoms with E-state index in [2.05, 4.69) is 25.7 Å². The number of amides is 1. The molecule has 2 N–H and O–H groups in total. The first kappa shape index (κ1) is 22.6. The molecule has 0 radical (unpaired) electrons. The van der Waals surface area contributed by atoms with Crippen LogP contribution in [0.3, 0.4) is 0 Å². The Kier molecular flexibility index (Phi) is 6.81. The lowest BCUT2D eigenvalue weighted by Crippen LogP contribution is -2.29. The molecular weight excluding hydrogens is 447 g/mol. The first-order chi connectivity index (χ1) is 16.0. The third kappa shape index (κ3) is 5.10. The first-order valence-electron chi connectivity index (χ1n) is 10.2. The lowest BCUT2D eigenvalue weighted by atomic mass is 10.2. The fourth-order valence-electron chi connectivity index (χ4n) is 3.40. The summed E-state index contributed by atoms with van der Waals surface area (Å²) in [5.41, 5.74) is 2.53. The Labute approximate surface area is 194 Å². The third-order valence-corrected chi connectivity index (χ3v) is 5.12. The van der Waals surface area contributed by atoms with E-state index in [1.165, 1.54) is 24.3 Å². The third-order valence-electron chi connectivity index (χ3n) is 4.88. The topological polar surface area (TPSA) is 94.0 Å². The summed E-state index contributed by atoms with van der Waals surface area (Å²) in [6.07, 6.45) is 0. The number of halogens is 2.